The Morgan fingerprint density at radius 3 is 2.27 bits per heavy atom. The number of ether oxygens (including phenoxy) is 1. The number of hydrogen-bond donors (Lipinski definition) is 0. The maximum absolute atomic E-state index is 12.8. The van der Waals surface area contributed by atoms with E-state index in [-0.39, 0.29) is 35.0 Å². The number of likely N-dealkylation sites (tertiary alicyclic amines) is 1. The Balaban J connectivity index is 1.59. The SMILES string of the molecule is CC1CN(C(=O)C2CCN(C(=O)c3cccc(Cl)c3Cl)CC2)CC(C)O1. The highest BCUT2D eigenvalue weighted by atomic mass is 35.5. The fourth-order valence-electron chi connectivity index (χ4n) is 3.78. The number of rotatable bonds is 2. The van der Waals surface area contributed by atoms with Crippen molar-refractivity contribution >= 4 is 35.0 Å². The molecule has 0 bridgehead atoms. The maximum Gasteiger partial charge on any atom is 0.255 e. The van der Waals surface area contributed by atoms with Gasteiger partial charge >= 0.3 is 0 Å². The zero-order valence-electron chi connectivity index (χ0n) is 15.1. The number of amides is 2. The Hall–Kier alpha value is -1.30. The molecule has 0 radical (unpaired) electrons. The minimum Gasteiger partial charge on any atom is -0.372 e. The molecule has 2 unspecified atom stereocenters. The molecule has 0 N–H and O–H groups in total. The second-order valence-corrected chi connectivity index (χ2v) is 7.95. The van der Waals surface area contributed by atoms with Gasteiger partial charge in [-0.1, -0.05) is 29.3 Å². The topological polar surface area (TPSA) is 49.9 Å². The smallest absolute Gasteiger partial charge is 0.255 e. The summed E-state index contributed by atoms with van der Waals surface area (Å²) in [7, 11) is 0. The number of morpholine rings is 1. The second-order valence-electron chi connectivity index (χ2n) is 7.17. The van der Waals surface area contributed by atoms with Crippen LogP contribution in [0.15, 0.2) is 18.2 Å². The highest BCUT2D eigenvalue weighted by Gasteiger charge is 2.34. The molecule has 142 valence electrons. The van der Waals surface area contributed by atoms with Crippen molar-refractivity contribution in [3.8, 4) is 0 Å². The summed E-state index contributed by atoms with van der Waals surface area (Å²) in [6.45, 7) is 6.36. The van der Waals surface area contributed by atoms with Crippen LogP contribution in [-0.2, 0) is 9.53 Å². The lowest BCUT2D eigenvalue weighted by Crippen LogP contribution is -2.51. The van der Waals surface area contributed by atoms with Crippen molar-refractivity contribution in [3.63, 3.8) is 0 Å². The molecule has 7 heteroatoms. The normalized spacial score (nSPS) is 24.6. The van der Waals surface area contributed by atoms with Gasteiger partial charge in [0, 0.05) is 32.1 Å². The van der Waals surface area contributed by atoms with Crippen molar-refractivity contribution in [3.05, 3.63) is 33.8 Å². The van der Waals surface area contributed by atoms with Gasteiger partial charge in [0.05, 0.1) is 27.8 Å². The fraction of sp³-hybridized carbons (Fsp3) is 0.579. The van der Waals surface area contributed by atoms with Crippen LogP contribution in [0.5, 0.6) is 0 Å². The van der Waals surface area contributed by atoms with E-state index >= 15 is 0 Å². The molecule has 0 aliphatic carbocycles. The highest BCUT2D eigenvalue weighted by Crippen LogP contribution is 2.28. The average Bonchev–Trinajstić information content (AvgIpc) is 2.62. The Bertz CT molecular complexity index is 679. The molecule has 26 heavy (non-hydrogen) atoms. The summed E-state index contributed by atoms with van der Waals surface area (Å²) in [5.74, 6) is 0.0169. The summed E-state index contributed by atoms with van der Waals surface area (Å²) in [6, 6.07) is 5.07. The molecular weight excluding hydrogens is 375 g/mol. The first-order valence-corrected chi connectivity index (χ1v) is 9.80. The van der Waals surface area contributed by atoms with E-state index in [1.807, 2.05) is 18.7 Å². The van der Waals surface area contributed by atoms with Crippen molar-refractivity contribution in [1.29, 1.82) is 0 Å². The van der Waals surface area contributed by atoms with Gasteiger partial charge in [-0.25, -0.2) is 0 Å². The van der Waals surface area contributed by atoms with Gasteiger partial charge in [0.15, 0.2) is 0 Å². The van der Waals surface area contributed by atoms with Crippen LogP contribution < -0.4 is 0 Å². The van der Waals surface area contributed by atoms with Crippen LogP contribution in [0.2, 0.25) is 10.0 Å². The summed E-state index contributed by atoms with van der Waals surface area (Å²) in [6.07, 6.45) is 1.47. The summed E-state index contributed by atoms with van der Waals surface area (Å²) in [4.78, 5) is 29.2. The molecule has 0 spiro atoms. The van der Waals surface area contributed by atoms with Gasteiger partial charge in [-0.3, -0.25) is 9.59 Å². The quantitative estimate of drug-likeness (QED) is 0.765. The number of carbonyl (C=O) groups is 2. The molecule has 2 heterocycles. The van der Waals surface area contributed by atoms with Crippen molar-refractivity contribution in [1.82, 2.24) is 9.80 Å². The van der Waals surface area contributed by atoms with Gasteiger partial charge in [-0.05, 0) is 38.8 Å². The first kappa shape index (κ1) is 19.5. The molecule has 2 fully saturated rings. The van der Waals surface area contributed by atoms with E-state index in [1.165, 1.54) is 0 Å². The number of benzene rings is 1. The van der Waals surface area contributed by atoms with Gasteiger partial charge in [-0.2, -0.15) is 0 Å². The Morgan fingerprint density at radius 2 is 1.65 bits per heavy atom. The highest BCUT2D eigenvalue weighted by molar-refractivity contribution is 6.43. The minimum atomic E-state index is -0.128. The van der Waals surface area contributed by atoms with Crippen LogP contribution in [0.25, 0.3) is 0 Å². The molecule has 2 atom stereocenters. The van der Waals surface area contributed by atoms with Crippen LogP contribution in [0, 0.1) is 5.92 Å². The second kappa shape index (κ2) is 8.15. The van der Waals surface area contributed by atoms with E-state index in [4.69, 9.17) is 27.9 Å². The largest absolute Gasteiger partial charge is 0.372 e. The summed E-state index contributed by atoms with van der Waals surface area (Å²) < 4.78 is 5.70. The van der Waals surface area contributed by atoms with Gasteiger partial charge in [0.1, 0.15) is 0 Å². The van der Waals surface area contributed by atoms with Crippen LogP contribution >= 0.6 is 23.2 Å². The van der Waals surface area contributed by atoms with Crippen LogP contribution in [0.1, 0.15) is 37.0 Å². The molecule has 5 nitrogen and oxygen atoms in total. The van der Waals surface area contributed by atoms with Gasteiger partial charge in [0.2, 0.25) is 5.91 Å². The van der Waals surface area contributed by atoms with E-state index in [9.17, 15) is 9.59 Å². The standard InChI is InChI=1S/C19H24Cl2N2O3/c1-12-10-23(11-13(2)26-12)18(24)14-6-8-22(9-7-14)19(25)15-4-3-5-16(20)17(15)21/h3-5,12-14H,6-11H2,1-2H3. The van der Waals surface area contributed by atoms with Crippen molar-refractivity contribution in [2.75, 3.05) is 26.2 Å². The molecule has 1 aromatic rings. The van der Waals surface area contributed by atoms with Crippen molar-refractivity contribution < 1.29 is 14.3 Å². The van der Waals surface area contributed by atoms with Crippen molar-refractivity contribution in [2.45, 2.75) is 38.9 Å². The molecular formula is C19H24Cl2N2O3. The third kappa shape index (κ3) is 4.16. The van der Waals surface area contributed by atoms with E-state index < -0.39 is 0 Å². The Morgan fingerprint density at radius 1 is 1.04 bits per heavy atom. The van der Waals surface area contributed by atoms with Gasteiger partial charge < -0.3 is 14.5 Å². The van der Waals surface area contributed by atoms with Crippen LogP contribution in [0.4, 0.5) is 0 Å². The summed E-state index contributed by atoms with van der Waals surface area (Å²) >= 11 is 12.2. The Kier molecular flexibility index (Phi) is 6.10. The molecule has 2 amide bonds. The predicted octanol–water partition coefficient (Wildman–Crippen LogP) is 3.48. The van der Waals surface area contributed by atoms with Crippen LogP contribution in [0.3, 0.4) is 0 Å². The third-order valence-corrected chi connectivity index (χ3v) is 5.86. The first-order chi connectivity index (χ1) is 12.4. The number of carbonyl (C=O) groups excluding carboxylic acids is 2. The molecule has 1 aromatic carbocycles. The Labute approximate surface area is 164 Å². The zero-order valence-corrected chi connectivity index (χ0v) is 16.6. The lowest BCUT2D eigenvalue weighted by atomic mass is 9.94. The minimum absolute atomic E-state index is 0.0358. The monoisotopic (exact) mass is 398 g/mol. The lowest BCUT2D eigenvalue weighted by molar-refractivity contribution is -0.148. The molecule has 2 saturated heterocycles. The summed E-state index contributed by atoms with van der Waals surface area (Å²) in [5.41, 5.74) is 0.416. The lowest BCUT2D eigenvalue weighted by Gasteiger charge is -2.39. The number of nitrogens with zero attached hydrogens (tertiary/aromatic N) is 2. The molecule has 3 rings (SSSR count). The van der Waals surface area contributed by atoms with Crippen molar-refractivity contribution in [2.24, 2.45) is 5.92 Å². The molecule has 2 aliphatic heterocycles. The van der Waals surface area contributed by atoms with E-state index in [0.717, 1.165) is 0 Å². The fourth-order valence-corrected chi connectivity index (χ4v) is 4.17. The maximum atomic E-state index is 12.8. The number of piperidine rings is 1. The zero-order chi connectivity index (χ0) is 18.8. The molecule has 2 aliphatic rings. The van der Waals surface area contributed by atoms with Crippen LogP contribution in [-0.4, -0.2) is 60.0 Å². The first-order valence-electron chi connectivity index (χ1n) is 9.04. The average molecular weight is 399 g/mol. The summed E-state index contributed by atoms with van der Waals surface area (Å²) in [5, 5.41) is 0.659. The van der Waals surface area contributed by atoms with E-state index in [1.54, 1.807) is 23.1 Å². The van der Waals surface area contributed by atoms with E-state index in [0.29, 0.717) is 49.6 Å². The number of halogens is 2. The van der Waals surface area contributed by atoms with Gasteiger partial charge in [0.25, 0.3) is 5.91 Å². The molecule has 0 saturated carbocycles. The number of hydrogen-bond acceptors (Lipinski definition) is 3. The third-order valence-electron chi connectivity index (χ3n) is 5.04. The molecule has 0 aromatic heterocycles. The van der Waals surface area contributed by atoms with E-state index in [2.05, 4.69) is 0 Å². The predicted molar refractivity (Wildman–Crippen MR) is 102 cm³/mol. The van der Waals surface area contributed by atoms with Gasteiger partial charge in [-0.15, -0.1) is 0 Å².